The van der Waals surface area contributed by atoms with E-state index in [9.17, 15) is 9.59 Å². The van der Waals surface area contributed by atoms with Crippen LogP contribution in [0.4, 0.5) is 0 Å². The van der Waals surface area contributed by atoms with Crippen molar-refractivity contribution in [3.63, 3.8) is 0 Å². The lowest BCUT2D eigenvalue weighted by molar-refractivity contribution is 0.0897. The van der Waals surface area contributed by atoms with E-state index in [4.69, 9.17) is 0 Å². The quantitative estimate of drug-likeness (QED) is 0.545. The molecule has 6 nitrogen and oxygen atoms in total. The van der Waals surface area contributed by atoms with Crippen molar-refractivity contribution in [2.45, 2.75) is 20.3 Å². The van der Waals surface area contributed by atoms with E-state index >= 15 is 0 Å². The number of carbonyl (C=O) groups is 2. The van der Waals surface area contributed by atoms with E-state index in [0.717, 1.165) is 5.01 Å². The van der Waals surface area contributed by atoms with Gasteiger partial charge in [0.1, 0.15) is 0 Å². The molecule has 0 saturated heterocycles. The number of carbonyl (C=O) groups excluding carboxylic acids is 2. The lowest BCUT2D eigenvalue weighted by atomic mass is 10.1. The predicted molar refractivity (Wildman–Crippen MR) is 77.9 cm³/mol. The number of ketones is 2. The van der Waals surface area contributed by atoms with Gasteiger partial charge in [0, 0.05) is 12.4 Å². The van der Waals surface area contributed by atoms with Crippen LogP contribution >= 0.6 is 11.3 Å². The summed E-state index contributed by atoms with van der Waals surface area (Å²) >= 11 is 1.32. The first-order valence-corrected chi connectivity index (χ1v) is 7.15. The minimum absolute atomic E-state index is 0.182. The number of hydrogen-bond acceptors (Lipinski definition) is 6. The molecule has 0 fully saturated rings. The second-order valence-corrected chi connectivity index (χ2v) is 5.84. The molecular formula is C14H12N4O2S. The predicted octanol–water partition coefficient (Wildman–Crippen LogP) is 2.26. The molecule has 7 heteroatoms. The zero-order chi connectivity index (χ0) is 15.0. The Morgan fingerprint density at radius 3 is 2.76 bits per heavy atom. The summed E-state index contributed by atoms with van der Waals surface area (Å²) in [5.74, 6) is -0.459. The molecule has 3 aromatic rings. The molecule has 0 saturated carbocycles. The van der Waals surface area contributed by atoms with E-state index in [1.54, 1.807) is 30.0 Å². The minimum atomic E-state index is -0.256. The van der Waals surface area contributed by atoms with Crippen LogP contribution in [0.5, 0.6) is 0 Å². The van der Waals surface area contributed by atoms with Crippen molar-refractivity contribution in [1.82, 2.24) is 19.6 Å². The molecule has 0 atom stereocenters. The maximum atomic E-state index is 12.3. The number of nitrogens with zero attached hydrogens (tertiary/aromatic N) is 4. The smallest absolute Gasteiger partial charge is 0.182 e. The number of rotatable bonds is 4. The zero-order valence-corrected chi connectivity index (χ0v) is 12.3. The number of Topliss-reactive ketones (excluding diaryl/α,β-unsaturated/α-hetero) is 2. The minimum Gasteiger partial charge on any atom is -0.294 e. The number of hydrogen-bond donors (Lipinski definition) is 0. The first kappa shape index (κ1) is 13.6. The van der Waals surface area contributed by atoms with Crippen LogP contribution in [0.3, 0.4) is 0 Å². The summed E-state index contributed by atoms with van der Waals surface area (Å²) in [6.07, 6.45) is 6.09. The number of aromatic nitrogens is 4. The van der Waals surface area contributed by atoms with Crippen LogP contribution in [0.15, 0.2) is 24.8 Å². The van der Waals surface area contributed by atoms with Gasteiger partial charge in [-0.15, -0.1) is 11.3 Å². The molecular weight excluding hydrogens is 288 g/mol. The molecule has 106 valence electrons. The molecule has 0 aliphatic heterocycles. The van der Waals surface area contributed by atoms with E-state index < -0.39 is 0 Å². The van der Waals surface area contributed by atoms with E-state index in [0.29, 0.717) is 21.7 Å². The Balaban J connectivity index is 1.86. The van der Waals surface area contributed by atoms with Crippen molar-refractivity contribution >= 4 is 28.4 Å². The summed E-state index contributed by atoms with van der Waals surface area (Å²) in [6, 6.07) is 0. The van der Waals surface area contributed by atoms with Crippen molar-refractivity contribution in [3.05, 3.63) is 45.9 Å². The normalized spacial score (nSPS) is 11.0. The average molecular weight is 300 g/mol. The monoisotopic (exact) mass is 300 g/mol. The van der Waals surface area contributed by atoms with Crippen LogP contribution in [0.1, 0.15) is 37.2 Å². The summed E-state index contributed by atoms with van der Waals surface area (Å²) in [6.45, 7) is 3.62. The largest absolute Gasteiger partial charge is 0.294 e. The highest BCUT2D eigenvalue weighted by atomic mass is 32.1. The molecule has 3 rings (SSSR count). The summed E-state index contributed by atoms with van der Waals surface area (Å²) < 4.78 is 1.56. The van der Waals surface area contributed by atoms with Crippen molar-refractivity contribution in [3.8, 4) is 0 Å². The van der Waals surface area contributed by atoms with Crippen molar-refractivity contribution in [1.29, 1.82) is 0 Å². The Labute approximate surface area is 124 Å². The highest BCUT2D eigenvalue weighted by molar-refractivity contribution is 7.13. The van der Waals surface area contributed by atoms with Gasteiger partial charge in [-0.25, -0.2) is 9.50 Å². The maximum Gasteiger partial charge on any atom is 0.182 e. The van der Waals surface area contributed by atoms with Gasteiger partial charge in [0.2, 0.25) is 0 Å². The van der Waals surface area contributed by atoms with E-state index in [1.807, 2.05) is 6.92 Å². The van der Waals surface area contributed by atoms with Gasteiger partial charge in [0.05, 0.1) is 45.5 Å². The molecule has 3 aromatic heterocycles. The fourth-order valence-corrected chi connectivity index (χ4v) is 3.02. The molecule has 3 heterocycles. The van der Waals surface area contributed by atoms with Crippen LogP contribution in [0.2, 0.25) is 0 Å². The van der Waals surface area contributed by atoms with Gasteiger partial charge in [0.25, 0.3) is 0 Å². The molecule has 0 bridgehead atoms. The van der Waals surface area contributed by atoms with Gasteiger partial charge in [-0.05, 0) is 13.8 Å². The first-order valence-electron chi connectivity index (χ1n) is 6.34. The SMILES string of the molecule is Cc1nc(C)c(C(=O)CC(=O)c2cnn3ccncc23)s1. The highest BCUT2D eigenvalue weighted by Crippen LogP contribution is 2.20. The van der Waals surface area contributed by atoms with Crippen LogP contribution in [-0.2, 0) is 0 Å². The number of thiazole rings is 1. The summed E-state index contributed by atoms with van der Waals surface area (Å²) in [5, 5.41) is 4.90. The summed E-state index contributed by atoms with van der Waals surface area (Å²) in [4.78, 5) is 33.3. The first-order chi connectivity index (χ1) is 10.1. The van der Waals surface area contributed by atoms with Gasteiger partial charge in [0.15, 0.2) is 11.6 Å². The average Bonchev–Trinajstić information content (AvgIpc) is 3.01. The lowest BCUT2D eigenvalue weighted by Crippen LogP contribution is -2.08. The third-order valence-electron chi connectivity index (χ3n) is 3.10. The van der Waals surface area contributed by atoms with E-state index in [2.05, 4.69) is 15.1 Å². The summed E-state index contributed by atoms with van der Waals surface area (Å²) in [7, 11) is 0. The second kappa shape index (κ2) is 5.17. The molecule has 0 aliphatic rings. The molecule has 21 heavy (non-hydrogen) atoms. The third kappa shape index (κ3) is 2.47. The standard InChI is InChI=1S/C14H12N4O2S/c1-8-14(21-9(2)17-8)13(20)5-12(19)10-6-16-18-4-3-15-7-11(10)18/h3-4,6-7H,5H2,1-2H3. The van der Waals surface area contributed by atoms with Gasteiger partial charge in [-0.3, -0.25) is 14.6 Å². The Morgan fingerprint density at radius 1 is 1.24 bits per heavy atom. The van der Waals surface area contributed by atoms with Gasteiger partial charge in [-0.1, -0.05) is 0 Å². The molecule has 0 unspecified atom stereocenters. The fourth-order valence-electron chi connectivity index (χ4n) is 2.16. The van der Waals surface area contributed by atoms with Crippen LogP contribution in [0.25, 0.3) is 5.52 Å². The highest BCUT2D eigenvalue weighted by Gasteiger charge is 2.20. The zero-order valence-electron chi connectivity index (χ0n) is 11.5. The summed E-state index contributed by atoms with van der Waals surface area (Å²) in [5.41, 5.74) is 1.69. The van der Waals surface area contributed by atoms with Crippen molar-refractivity contribution in [2.24, 2.45) is 0 Å². The third-order valence-corrected chi connectivity index (χ3v) is 4.22. The lowest BCUT2D eigenvalue weighted by Gasteiger charge is -1.98. The molecule has 0 radical (unpaired) electrons. The van der Waals surface area contributed by atoms with E-state index in [-0.39, 0.29) is 18.0 Å². The Morgan fingerprint density at radius 2 is 2.05 bits per heavy atom. The van der Waals surface area contributed by atoms with Crippen LogP contribution < -0.4 is 0 Å². The number of fused-ring (bicyclic) bond motifs is 1. The Bertz CT molecular complexity index is 850. The molecule has 0 amide bonds. The fraction of sp³-hybridized carbons (Fsp3) is 0.214. The number of aryl methyl sites for hydroxylation is 2. The maximum absolute atomic E-state index is 12.3. The van der Waals surface area contributed by atoms with Crippen molar-refractivity contribution < 1.29 is 9.59 Å². The van der Waals surface area contributed by atoms with Gasteiger partial charge < -0.3 is 0 Å². The van der Waals surface area contributed by atoms with Crippen LogP contribution in [0, 0.1) is 13.8 Å². The van der Waals surface area contributed by atoms with Crippen LogP contribution in [-0.4, -0.2) is 31.1 Å². The Hall–Kier alpha value is -2.41. The second-order valence-electron chi connectivity index (χ2n) is 4.63. The van der Waals surface area contributed by atoms with Gasteiger partial charge in [-0.2, -0.15) is 5.10 Å². The molecule has 0 N–H and O–H groups in total. The molecule has 0 aromatic carbocycles. The topological polar surface area (TPSA) is 77.2 Å². The Kier molecular flexibility index (Phi) is 3.34. The van der Waals surface area contributed by atoms with Crippen molar-refractivity contribution in [2.75, 3.05) is 0 Å². The van der Waals surface area contributed by atoms with Gasteiger partial charge >= 0.3 is 0 Å². The molecule has 0 aliphatic carbocycles. The molecule has 0 spiro atoms. The van der Waals surface area contributed by atoms with E-state index in [1.165, 1.54) is 17.5 Å².